The fraction of sp³-hybridized carbons (Fsp3) is 0.429. The Hall–Kier alpha value is -1.89. The Kier molecular flexibility index (Phi) is 3.24. The molecule has 1 unspecified atom stereocenters. The van der Waals surface area contributed by atoms with Gasteiger partial charge in [0.15, 0.2) is 9.84 Å². The van der Waals surface area contributed by atoms with E-state index in [4.69, 9.17) is 0 Å². The molecule has 1 saturated heterocycles. The number of amides is 1. The highest BCUT2D eigenvalue weighted by Gasteiger charge is 2.33. The third-order valence-corrected chi connectivity index (χ3v) is 5.66. The molecule has 2 aromatic heterocycles. The molecule has 0 bridgehead atoms. The number of hydrogen-bond acceptors (Lipinski definition) is 4. The molecule has 0 aliphatic carbocycles. The smallest absolute Gasteiger partial charge is 0.274 e. The molecular weight excluding hydrogens is 290 g/mol. The standard InChI is InChI=1S/C14H17N3O3S/c1-10-3-5-17-8-12(15-13(17)7-10)14(18)16(2)11-4-6-21(19,20)9-11/h3,5,7-8,11H,4,6,9H2,1-2H3. The highest BCUT2D eigenvalue weighted by Crippen LogP contribution is 2.18. The SMILES string of the molecule is Cc1ccn2cc(C(=O)N(C)C3CCS(=O)(=O)C3)nc2c1. The number of nitrogens with zero attached hydrogens (tertiary/aromatic N) is 3. The molecule has 1 aliphatic heterocycles. The number of carbonyl (C=O) groups is 1. The highest BCUT2D eigenvalue weighted by atomic mass is 32.2. The van der Waals surface area contributed by atoms with Gasteiger partial charge in [0.05, 0.1) is 11.5 Å². The van der Waals surface area contributed by atoms with E-state index in [1.165, 1.54) is 4.90 Å². The van der Waals surface area contributed by atoms with Crippen molar-refractivity contribution < 1.29 is 13.2 Å². The Morgan fingerprint density at radius 1 is 1.48 bits per heavy atom. The van der Waals surface area contributed by atoms with Gasteiger partial charge in [-0.05, 0) is 31.0 Å². The second kappa shape index (κ2) is 4.84. The van der Waals surface area contributed by atoms with E-state index in [0.29, 0.717) is 17.8 Å². The molecule has 3 rings (SSSR count). The highest BCUT2D eigenvalue weighted by molar-refractivity contribution is 7.91. The zero-order valence-corrected chi connectivity index (χ0v) is 12.8. The Morgan fingerprint density at radius 2 is 2.24 bits per heavy atom. The second-order valence-electron chi connectivity index (χ2n) is 5.57. The van der Waals surface area contributed by atoms with E-state index in [1.54, 1.807) is 17.6 Å². The van der Waals surface area contributed by atoms with Gasteiger partial charge in [0, 0.05) is 25.5 Å². The summed E-state index contributed by atoms with van der Waals surface area (Å²) in [5.74, 6) is -0.0417. The molecule has 0 N–H and O–H groups in total. The van der Waals surface area contributed by atoms with E-state index in [2.05, 4.69) is 4.98 Å². The first-order valence-electron chi connectivity index (χ1n) is 6.79. The van der Waals surface area contributed by atoms with E-state index >= 15 is 0 Å². The van der Waals surface area contributed by atoms with Crippen LogP contribution >= 0.6 is 0 Å². The lowest BCUT2D eigenvalue weighted by Gasteiger charge is -2.22. The van der Waals surface area contributed by atoms with Crippen LogP contribution in [-0.2, 0) is 9.84 Å². The molecule has 1 atom stereocenters. The van der Waals surface area contributed by atoms with Crippen LogP contribution in [0.5, 0.6) is 0 Å². The Bertz CT molecular complexity index is 810. The van der Waals surface area contributed by atoms with Gasteiger partial charge in [0.2, 0.25) is 0 Å². The number of imidazole rings is 1. The molecule has 21 heavy (non-hydrogen) atoms. The predicted octanol–water partition coefficient (Wildman–Crippen LogP) is 0.902. The second-order valence-corrected chi connectivity index (χ2v) is 7.80. The zero-order valence-electron chi connectivity index (χ0n) is 12.0. The molecule has 7 heteroatoms. The van der Waals surface area contributed by atoms with E-state index in [1.807, 2.05) is 25.3 Å². The fourth-order valence-electron chi connectivity index (χ4n) is 2.61. The van der Waals surface area contributed by atoms with Gasteiger partial charge >= 0.3 is 0 Å². The summed E-state index contributed by atoms with van der Waals surface area (Å²) in [6.07, 6.45) is 4.03. The lowest BCUT2D eigenvalue weighted by molar-refractivity contribution is 0.0742. The van der Waals surface area contributed by atoms with Gasteiger partial charge in [-0.1, -0.05) is 0 Å². The van der Waals surface area contributed by atoms with Gasteiger partial charge in [0.25, 0.3) is 5.91 Å². The summed E-state index contributed by atoms with van der Waals surface area (Å²) in [6, 6.07) is 3.58. The van der Waals surface area contributed by atoms with Crippen LogP contribution < -0.4 is 0 Å². The largest absolute Gasteiger partial charge is 0.336 e. The third-order valence-electron chi connectivity index (χ3n) is 3.91. The molecule has 1 fully saturated rings. The average Bonchev–Trinajstić information content (AvgIpc) is 2.99. The summed E-state index contributed by atoms with van der Waals surface area (Å²) in [5.41, 5.74) is 2.13. The third kappa shape index (κ3) is 2.65. The van der Waals surface area contributed by atoms with Crippen LogP contribution in [0.4, 0.5) is 0 Å². The van der Waals surface area contributed by atoms with Crippen LogP contribution in [0.3, 0.4) is 0 Å². The van der Waals surface area contributed by atoms with Gasteiger partial charge in [-0.25, -0.2) is 13.4 Å². The predicted molar refractivity (Wildman–Crippen MR) is 79.1 cm³/mol. The van der Waals surface area contributed by atoms with Crippen LogP contribution in [0, 0.1) is 6.92 Å². The van der Waals surface area contributed by atoms with Gasteiger partial charge in [0.1, 0.15) is 11.3 Å². The topological polar surface area (TPSA) is 71.8 Å². The molecule has 1 aliphatic rings. The normalized spacial score (nSPS) is 20.8. The molecule has 112 valence electrons. The molecule has 0 spiro atoms. The van der Waals surface area contributed by atoms with E-state index in [0.717, 1.165) is 5.56 Å². The van der Waals surface area contributed by atoms with Crippen molar-refractivity contribution in [1.82, 2.24) is 14.3 Å². The van der Waals surface area contributed by atoms with Crippen LogP contribution in [-0.4, -0.2) is 53.2 Å². The molecular formula is C14H17N3O3S. The summed E-state index contributed by atoms with van der Waals surface area (Å²) in [6.45, 7) is 1.96. The van der Waals surface area contributed by atoms with Crippen molar-refractivity contribution in [3.05, 3.63) is 35.8 Å². The van der Waals surface area contributed by atoms with Crippen molar-refractivity contribution in [2.24, 2.45) is 0 Å². The van der Waals surface area contributed by atoms with Crippen LogP contribution in [0.1, 0.15) is 22.5 Å². The fourth-order valence-corrected chi connectivity index (χ4v) is 4.39. The number of rotatable bonds is 2. The van der Waals surface area contributed by atoms with Crippen LogP contribution in [0.25, 0.3) is 5.65 Å². The Balaban J connectivity index is 1.86. The molecule has 3 heterocycles. The van der Waals surface area contributed by atoms with Gasteiger partial charge < -0.3 is 9.30 Å². The van der Waals surface area contributed by atoms with Gasteiger partial charge in [-0.15, -0.1) is 0 Å². The lowest BCUT2D eigenvalue weighted by Crippen LogP contribution is -2.38. The first-order chi connectivity index (χ1) is 9.85. The molecule has 1 amide bonds. The summed E-state index contributed by atoms with van der Waals surface area (Å²) < 4.78 is 24.8. The first-order valence-corrected chi connectivity index (χ1v) is 8.61. The summed E-state index contributed by atoms with van der Waals surface area (Å²) in [5, 5.41) is 0. The van der Waals surface area contributed by atoms with Crippen molar-refractivity contribution in [2.45, 2.75) is 19.4 Å². The number of sulfone groups is 1. The molecule has 0 saturated carbocycles. The summed E-state index contributed by atoms with van der Waals surface area (Å²) >= 11 is 0. The quantitative estimate of drug-likeness (QED) is 0.826. The van der Waals surface area contributed by atoms with E-state index in [9.17, 15) is 13.2 Å². The van der Waals surface area contributed by atoms with Crippen LogP contribution in [0.15, 0.2) is 24.5 Å². The lowest BCUT2D eigenvalue weighted by atomic mass is 10.2. The maximum Gasteiger partial charge on any atom is 0.274 e. The molecule has 0 radical (unpaired) electrons. The maximum absolute atomic E-state index is 12.5. The van der Waals surface area contributed by atoms with E-state index in [-0.39, 0.29) is 23.5 Å². The average molecular weight is 307 g/mol. The maximum atomic E-state index is 12.5. The van der Waals surface area contributed by atoms with Crippen molar-refractivity contribution >= 4 is 21.4 Å². The number of carbonyl (C=O) groups excluding carboxylic acids is 1. The van der Waals surface area contributed by atoms with Crippen molar-refractivity contribution in [2.75, 3.05) is 18.6 Å². The minimum absolute atomic E-state index is 0.0434. The van der Waals surface area contributed by atoms with E-state index < -0.39 is 9.84 Å². The van der Waals surface area contributed by atoms with Crippen LogP contribution in [0.2, 0.25) is 0 Å². The first kappa shape index (κ1) is 14.1. The van der Waals surface area contributed by atoms with Gasteiger partial charge in [-0.2, -0.15) is 0 Å². The molecule has 0 aromatic carbocycles. The van der Waals surface area contributed by atoms with Crippen molar-refractivity contribution in [3.63, 3.8) is 0 Å². The summed E-state index contributed by atoms with van der Waals surface area (Å²) in [7, 11) is -1.36. The van der Waals surface area contributed by atoms with Crippen molar-refractivity contribution in [1.29, 1.82) is 0 Å². The zero-order chi connectivity index (χ0) is 15.2. The number of hydrogen-bond donors (Lipinski definition) is 0. The number of pyridine rings is 1. The minimum Gasteiger partial charge on any atom is -0.336 e. The number of fused-ring (bicyclic) bond motifs is 1. The molecule has 6 nitrogen and oxygen atoms in total. The van der Waals surface area contributed by atoms with Crippen molar-refractivity contribution in [3.8, 4) is 0 Å². The summed E-state index contributed by atoms with van der Waals surface area (Å²) in [4.78, 5) is 18.3. The Morgan fingerprint density at radius 3 is 2.90 bits per heavy atom. The number of aromatic nitrogens is 2. The molecule has 2 aromatic rings. The van der Waals surface area contributed by atoms with Gasteiger partial charge in [-0.3, -0.25) is 4.79 Å². The monoisotopic (exact) mass is 307 g/mol. The number of aryl methyl sites for hydroxylation is 1. The Labute approximate surface area is 123 Å². The minimum atomic E-state index is -3.01.